The number of ether oxygens (including phenoxy) is 1. The maximum absolute atomic E-state index is 12.0. The van der Waals surface area contributed by atoms with Crippen molar-refractivity contribution in [2.24, 2.45) is 5.73 Å². The zero-order chi connectivity index (χ0) is 15.2. The molecule has 5 heteroatoms. The first kappa shape index (κ1) is 14.8. The highest BCUT2D eigenvalue weighted by Gasteiger charge is 2.15. The van der Waals surface area contributed by atoms with Crippen molar-refractivity contribution in [3.05, 3.63) is 48.0 Å². The van der Waals surface area contributed by atoms with Gasteiger partial charge in [0.25, 0.3) is 0 Å². The molecule has 1 unspecified atom stereocenters. The molecule has 21 heavy (non-hydrogen) atoms. The summed E-state index contributed by atoms with van der Waals surface area (Å²) in [4.78, 5) is 22.5. The summed E-state index contributed by atoms with van der Waals surface area (Å²) in [7, 11) is 0. The molecule has 2 amide bonds. The Hall–Kier alpha value is -2.56. The van der Waals surface area contributed by atoms with Crippen molar-refractivity contribution in [2.45, 2.75) is 12.8 Å². The summed E-state index contributed by atoms with van der Waals surface area (Å²) in [6.45, 7) is 2.17. The summed E-state index contributed by atoms with van der Waals surface area (Å²) in [5.41, 5.74) is 5.79. The van der Waals surface area contributed by atoms with Crippen LogP contribution in [0.3, 0.4) is 0 Å². The highest BCUT2D eigenvalue weighted by Crippen LogP contribution is 2.21. The smallest absolute Gasteiger partial charge is 0.404 e. The van der Waals surface area contributed by atoms with Gasteiger partial charge in [0.15, 0.2) is 0 Å². The van der Waals surface area contributed by atoms with Gasteiger partial charge < -0.3 is 15.8 Å². The summed E-state index contributed by atoms with van der Waals surface area (Å²) in [5.74, 6) is -0.387. The minimum Gasteiger partial charge on any atom is -0.448 e. The molecule has 3 N–H and O–H groups in total. The zero-order valence-electron chi connectivity index (χ0n) is 11.8. The molecule has 0 spiro atoms. The van der Waals surface area contributed by atoms with Crippen LogP contribution in [0.2, 0.25) is 0 Å². The first-order valence-electron chi connectivity index (χ1n) is 6.76. The fourth-order valence-electron chi connectivity index (χ4n) is 2.11. The molecule has 0 heterocycles. The molecule has 0 fully saturated rings. The molecule has 0 saturated carbocycles. The van der Waals surface area contributed by atoms with E-state index in [1.54, 1.807) is 0 Å². The van der Waals surface area contributed by atoms with E-state index >= 15 is 0 Å². The van der Waals surface area contributed by atoms with Gasteiger partial charge in [-0.2, -0.15) is 0 Å². The Bertz CT molecular complexity index is 655. The van der Waals surface area contributed by atoms with E-state index < -0.39 is 6.09 Å². The largest absolute Gasteiger partial charge is 0.448 e. The molecule has 0 aliphatic carbocycles. The molecule has 0 aromatic heterocycles. The summed E-state index contributed by atoms with van der Waals surface area (Å²) in [6.07, 6.45) is -0.841. The number of fused-ring (bicyclic) bond motifs is 1. The molecule has 0 saturated heterocycles. The third kappa shape index (κ3) is 3.95. The van der Waals surface area contributed by atoms with Crippen LogP contribution in [0.1, 0.15) is 18.4 Å². The van der Waals surface area contributed by atoms with Crippen LogP contribution >= 0.6 is 0 Å². The highest BCUT2D eigenvalue weighted by atomic mass is 16.5. The van der Waals surface area contributed by atoms with E-state index in [9.17, 15) is 9.59 Å². The number of primary amides is 1. The minimum atomic E-state index is -0.841. The molecular weight excluding hydrogens is 268 g/mol. The van der Waals surface area contributed by atoms with Crippen molar-refractivity contribution in [1.29, 1.82) is 0 Å². The topological polar surface area (TPSA) is 81.4 Å². The first-order chi connectivity index (χ1) is 10.1. The standard InChI is InChI=1S/C16H18N2O3/c1-11(15(19)18-8-9-21-16(17)20)13-7-6-12-4-2-3-5-14(12)10-13/h2-7,10-11H,8-9H2,1H3,(H2,17,20)(H,18,19). The van der Waals surface area contributed by atoms with Gasteiger partial charge in [0.1, 0.15) is 6.61 Å². The van der Waals surface area contributed by atoms with Crippen molar-refractivity contribution in [3.63, 3.8) is 0 Å². The van der Waals surface area contributed by atoms with Crippen LogP contribution in [0.15, 0.2) is 42.5 Å². The summed E-state index contributed by atoms with van der Waals surface area (Å²) in [5, 5.41) is 4.96. The molecule has 1 atom stereocenters. The Morgan fingerprint density at radius 1 is 1.19 bits per heavy atom. The lowest BCUT2D eigenvalue weighted by Crippen LogP contribution is -2.32. The van der Waals surface area contributed by atoms with Gasteiger partial charge in [-0.3, -0.25) is 4.79 Å². The van der Waals surface area contributed by atoms with Gasteiger partial charge in [-0.1, -0.05) is 42.5 Å². The first-order valence-corrected chi connectivity index (χ1v) is 6.76. The molecular formula is C16H18N2O3. The normalized spacial score (nSPS) is 11.9. The van der Waals surface area contributed by atoms with Gasteiger partial charge >= 0.3 is 6.09 Å². The number of hydrogen-bond acceptors (Lipinski definition) is 3. The van der Waals surface area contributed by atoms with E-state index in [0.29, 0.717) is 0 Å². The second-order valence-electron chi connectivity index (χ2n) is 4.79. The maximum atomic E-state index is 12.0. The number of carbonyl (C=O) groups is 2. The summed E-state index contributed by atoms with van der Waals surface area (Å²) in [6, 6.07) is 14.0. The van der Waals surface area contributed by atoms with E-state index in [0.717, 1.165) is 16.3 Å². The van der Waals surface area contributed by atoms with Crippen molar-refractivity contribution in [1.82, 2.24) is 5.32 Å². The lowest BCUT2D eigenvalue weighted by molar-refractivity contribution is -0.122. The van der Waals surface area contributed by atoms with Gasteiger partial charge in [-0.25, -0.2) is 4.79 Å². The number of rotatable bonds is 5. The Labute approximate surface area is 123 Å². The molecule has 2 aromatic rings. The molecule has 2 aromatic carbocycles. The van der Waals surface area contributed by atoms with Crippen molar-refractivity contribution in [3.8, 4) is 0 Å². The van der Waals surface area contributed by atoms with Crippen LogP contribution in [0, 0.1) is 0 Å². The van der Waals surface area contributed by atoms with Gasteiger partial charge in [0.05, 0.1) is 12.5 Å². The SMILES string of the molecule is CC(C(=O)NCCOC(N)=O)c1ccc2ccccc2c1. The van der Waals surface area contributed by atoms with Crippen LogP contribution < -0.4 is 11.1 Å². The van der Waals surface area contributed by atoms with E-state index in [-0.39, 0.29) is 25.0 Å². The lowest BCUT2D eigenvalue weighted by Gasteiger charge is -2.13. The Morgan fingerprint density at radius 3 is 2.62 bits per heavy atom. The number of amides is 2. The second kappa shape index (κ2) is 6.74. The Morgan fingerprint density at radius 2 is 1.90 bits per heavy atom. The van der Waals surface area contributed by atoms with Crippen molar-refractivity contribution >= 4 is 22.8 Å². The van der Waals surface area contributed by atoms with E-state index in [4.69, 9.17) is 5.73 Å². The fraction of sp³-hybridized carbons (Fsp3) is 0.250. The van der Waals surface area contributed by atoms with Crippen LogP contribution in [0.25, 0.3) is 10.8 Å². The van der Waals surface area contributed by atoms with Gasteiger partial charge in [-0.15, -0.1) is 0 Å². The van der Waals surface area contributed by atoms with E-state index in [2.05, 4.69) is 10.1 Å². The van der Waals surface area contributed by atoms with Crippen LogP contribution in [-0.2, 0) is 9.53 Å². The average Bonchev–Trinajstić information content (AvgIpc) is 2.50. The lowest BCUT2D eigenvalue weighted by atomic mass is 9.97. The Kier molecular flexibility index (Phi) is 4.77. The molecule has 5 nitrogen and oxygen atoms in total. The molecule has 2 rings (SSSR count). The van der Waals surface area contributed by atoms with Gasteiger partial charge in [-0.05, 0) is 23.3 Å². The Balaban J connectivity index is 1.98. The average molecular weight is 286 g/mol. The number of nitrogens with two attached hydrogens (primary N) is 1. The summed E-state index contributed by atoms with van der Waals surface area (Å²) >= 11 is 0. The molecule has 0 bridgehead atoms. The van der Waals surface area contributed by atoms with Crippen molar-refractivity contribution < 1.29 is 14.3 Å². The van der Waals surface area contributed by atoms with E-state index in [1.165, 1.54) is 0 Å². The molecule has 0 radical (unpaired) electrons. The third-order valence-corrected chi connectivity index (χ3v) is 3.31. The van der Waals surface area contributed by atoms with Crippen LogP contribution in [0.4, 0.5) is 4.79 Å². The predicted octanol–water partition coefficient (Wildman–Crippen LogP) is 2.15. The number of nitrogens with one attached hydrogen (secondary N) is 1. The third-order valence-electron chi connectivity index (χ3n) is 3.31. The summed E-state index contributed by atoms with van der Waals surface area (Å²) < 4.78 is 4.56. The van der Waals surface area contributed by atoms with Gasteiger partial charge in [0, 0.05) is 0 Å². The van der Waals surface area contributed by atoms with Gasteiger partial charge in [0.2, 0.25) is 5.91 Å². The van der Waals surface area contributed by atoms with E-state index in [1.807, 2.05) is 49.4 Å². The number of benzene rings is 2. The number of hydrogen-bond donors (Lipinski definition) is 2. The van der Waals surface area contributed by atoms with Crippen molar-refractivity contribution in [2.75, 3.05) is 13.2 Å². The minimum absolute atomic E-state index is 0.0749. The monoisotopic (exact) mass is 286 g/mol. The predicted molar refractivity (Wildman–Crippen MR) is 80.9 cm³/mol. The molecule has 0 aliphatic rings. The van der Waals surface area contributed by atoms with Crippen LogP contribution in [-0.4, -0.2) is 25.2 Å². The van der Waals surface area contributed by atoms with Crippen LogP contribution in [0.5, 0.6) is 0 Å². The molecule has 0 aliphatic heterocycles. The highest BCUT2D eigenvalue weighted by molar-refractivity contribution is 5.87. The fourth-order valence-corrected chi connectivity index (χ4v) is 2.11. The second-order valence-corrected chi connectivity index (χ2v) is 4.79. The maximum Gasteiger partial charge on any atom is 0.404 e. The number of carbonyl (C=O) groups excluding carboxylic acids is 2. The molecule has 110 valence electrons. The zero-order valence-corrected chi connectivity index (χ0v) is 11.8. The quantitative estimate of drug-likeness (QED) is 0.826.